The minimum absolute atomic E-state index is 0.191. The van der Waals surface area contributed by atoms with Crippen LogP contribution in [0.1, 0.15) is 46.8 Å². The van der Waals surface area contributed by atoms with Crippen LogP contribution in [-0.4, -0.2) is 41.4 Å². The summed E-state index contributed by atoms with van der Waals surface area (Å²) < 4.78 is 34.4. The Balaban J connectivity index is 1.58. The van der Waals surface area contributed by atoms with E-state index in [0.29, 0.717) is 35.9 Å². The highest BCUT2D eigenvalue weighted by molar-refractivity contribution is 7.89. The Hall–Kier alpha value is -2.91. The first-order valence-corrected chi connectivity index (χ1v) is 11.8. The molecule has 164 valence electrons. The predicted octanol–water partition coefficient (Wildman–Crippen LogP) is 3.82. The normalized spacial score (nSPS) is 15.2. The highest BCUT2D eigenvalue weighted by Crippen LogP contribution is 2.25. The molecule has 1 amide bonds. The van der Waals surface area contributed by atoms with Crippen molar-refractivity contribution in [2.45, 2.75) is 44.9 Å². The van der Waals surface area contributed by atoms with Crippen molar-refractivity contribution in [3.05, 3.63) is 59.1 Å². The van der Waals surface area contributed by atoms with Crippen molar-refractivity contribution in [1.82, 2.24) is 14.0 Å². The van der Waals surface area contributed by atoms with Crippen molar-refractivity contribution in [2.75, 3.05) is 18.4 Å². The molecule has 2 aromatic heterocycles. The molecule has 0 atom stereocenters. The number of nitrogens with zero attached hydrogens (tertiary/aromatic N) is 3. The maximum Gasteiger partial charge on any atom is 0.257 e. The van der Waals surface area contributed by atoms with Crippen molar-refractivity contribution in [1.29, 1.82) is 0 Å². The number of sulfonamides is 1. The Morgan fingerprint density at radius 1 is 1.06 bits per heavy atom. The molecular weight excluding hydrogens is 416 g/mol. The number of rotatable bonds is 5. The molecular formula is C22H26N4O4S. The van der Waals surface area contributed by atoms with Crippen LogP contribution < -0.4 is 5.32 Å². The topological polar surface area (TPSA) is 97.4 Å². The Morgan fingerprint density at radius 2 is 1.81 bits per heavy atom. The lowest BCUT2D eigenvalue weighted by Gasteiger charge is -2.26. The monoisotopic (exact) mass is 442 g/mol. The van der Waals surface area contributed by atoms with Gasteiger partial charge in [0.05, 0.1) is 10.5 Å². The van der Waals surface area contributed by atoms with Crippen LogP contribution in [0.5, 0.6) is 0 Å². The summed E-state index contributed by atoms with van der Waals surface area (Å²) >= 11 is 0. The summed E-state index contributed by atoms with van der Waals surface area (Å²) in [5.74, 6) is 0.980. The summed E-state index contributed by atoms with van der Waals surface area (Å²) in [6.45, 7) is 6.60. The van der Waals surface area contributed by atoms with Gasteiger partial charge >= 0.3 is 0 Å². The summed E-state index contributed by atoms with van der Waals surface area (Å²) in [6.07, 6.45) is 2.79. The number of piperidine rings is 1. The standard InChI is InChI=1S/C22H26N4O4S/c1-15-12-20(17(3)26(15)21-13-16(2)30-24-21)22(27)23-18-8-7-9-19(14-18)31(28,29)25-10-5-4-6-11-25/h7-9,12-14H,4-6,10-11H2,1-3H3,(H,23,27). The van der Waals surface area contributed by atoms with Crippen molar-refractivity contribution < 1.29 is 17.7 Å². The third-order valence-electron chi connectivity index (χ3n) is 5.57. The third kappa shape index (κ3) is 4.15. The summed E-state index contributed by atoms with van der Waals surface area (Å²) in [5, 5.41) is 6.86. The molecule has 0 spiro atoms. The summed E-state index contributed by atoms with van der Waals surface area (Å²) in [7, 11) is -3.57. The SMILES string of the molecule is Cc1cc(-n2c(C)cc(C(=O)Nc3cccc(S(=O)(=O)N4CCCCC4)c3)c2C)no1. The van der Waals surface area contributed by atoms with Crippen LogP contribution in [0.25, 0.3) is 5.82 Å². The van der Waals surface area contributed by atoms with E-state index in [1.165, 1.54) is 10.4 Å². The largest absolute Gasteiger partial charge is 0.360 e. The number of nitrogens with one attached hydrogen (secondary N) is 1. The van der Waals surface area contributed by atoms with Crippen molar-refractivity contribution in [3.8, 4) is 5.82 Å². The van der Waals surface area contributed by atoms with E-state index in [2.05, 4.69) is 10.5 Å². The molecule has 1 aliphatic rings. The lowest BCUT2D eigenvalue weighted by Crippen LogP contribution is -2.35. The third-order valence-corrected chi connectivity index (χ3v) is 7.46. The first kappa shape index (κ1) is 21.3. The maximum atomic E-state index is 13.0. The Kier molecular flexibility index (Phi) is 5.72. The molecule has 9 heteroatoms. The van der Waals surface area contributed by atoms with Gasteiger partial charge in [-0.25, -0.2) is 8.42 Å². The van der Waals surface area contributed by atoms with Crippen LogP contribution in [-0.2, 0) is 10.0 Å². The molecule has 1 fully saturated rings. The second-order valence-electron chi connectivity index (χ2n) is 7.86. The molecule has 0 radical (unpaired) electrons. The van der Waals surface area contributed by atoms with E-state index in [4.69, 9.17) is 4.52 Å². The fourth-order valence-corrected chi connectivity index (χ4v) is 5.55. The van der Waals surface area contributed by atoms with E-state index < -0.39 is 10.0 Å². The van der Waals surface area contributed by atoms with Crippen LogP contribution in [0, 0.1) is 20.8 Å². The first-order valence-electron chi connectivity index (χ1n) is 10.3. The predicted molar refractivity (Wildman–Crippen MR) is 117 cm³/mol. The van der Waals surface area contributed by atoms with Gasteiger partial charge < -0.3 is 9.84 Å². The second kappa shape index (κ2) is 8.32. The minimum Gasteiger partial charge on any atom is -0.360 e. The van der Waals surface area contributed by atoms with Gasteiger partial charge in [0.15, 0.2) is 5.82 Å². The minimum atomic E-state index is -3.57. The Morgan fingerprint density at radius 3 is 2.48 bits per heavy atom. The number of carbonyl (C=O) groups is 1. The molecule has 4 rings (SSSR count). The van der Waals surface area contributed by atoms with Gasteiger partial charge in [0.1, 0.15) is 5.76 Å². The van der Waals surface area contributed by atoms with Crippen LogP contribution in [0.4, 0.5) is 5.69 Å². The van der Waals surface area contributed by atoms with E-state index in [9.17, 15) is 13.2 Å². The van der Waals surface area contributed by atoms with E-state index in [0.717, 1.165) is 30.7 Å². The molecule has 1 aromatic carbocycles. The molecule has 31 heavy (non-hydrogen) atoms. The number of hydrogen-bond donors (Lipinski definition) is 1. The van der Waals surface area contributed by atoms with E-state index in [1.54, 1.807) is 30.3 Å². The van der Waals surface area contributed by atoms with Gasteiger partial charge in [-0.1, -0.05) is 17.6 Å². The van der Waals surface area contributed by atoms with Gasteiger partial charge in [0, 0.05) is 36.2 Å². The van der Waals surface area contributed by atoms with Crippen LogP contribution in [0.15, 0.2) is 45.8 Å². The number of amides is 1. The van der Waals surface area contributed by atoms with Gasteiger partial charge in [0.2, 0.25) is 10.0 Å². The zero-order valence-corrected chi connectivity index (χ0v) is 18.7. The molecule has 8 nitrogen and oxygen atoms in total. The molecule has 0 saturated carbocycles. The molecule has 0 bridgehead atoms. The van der Waals surface area contributed by atoms with E-state index in [1.807, 2.05) is 25.3 Å². The van der Waals surface area contributed by atoms with Crippen molar-refractivity contribution in [2.24, 2.45) is 0 Å². The van der Waals surface area contributed by atoms with Crippen molar-refractivity contribution >= 4 is 21.6 Å². The fraction of sp³-hybridized carbons (Fsp3) is 0.364. The zero-order valence-electron chi connectivity index (χ0n) is 17.9. The molecule has 1 N–H and O–H groups in total. The summed E-state index contributed by atoms with van der Waals surface area (Å²) in [4.78, 5) is 13.2. The lowest BCUT2D eigenvalue weighted by molar-refractivity contribution is 0.102. The van der Waals surface area contributed by atoms with Crippen LogP contribution >= 0.6 is 0 Å². The quantitative estimate of drug-likeness (QED) is 0.648. The van der Waals surface area contributed by atoms with Gasteiger partial charge in [-0.3, -0.25) is 9.36 Å². The number of carbonyl (C=O) groups excluding carboxylic acids is 1. The van der Waals surface area contributed by atoms with Gasteiger partial charge in [-0.2, -0.15) is 4.31 Å². The smallest absolute Gasteiger partial charge is 0.257 e. The molecule has 3 aromatic rings. The Bertz CT molecular complexity index is 1220. The lowest BCUT2D eigenvalue weighted by atomic mass is 10.2. The average Bonchev–Trinajstić information content (AvgIpc) is 3.30. The second-order valence-corrected chi connectivity index (χ2v) is 9.80. The first-order chi connectivity index (χ1) is 14.8. The number of benzene rings is 1. The number of aromatic nitrogens is 2. The van der Waals surface area contributed by atoms with E-state index in [-0.39, 0.29) is 10.8 Å². The summed E-state index contributed by atoms with van der Waals surface area (Å²) in [6, 6.07) is 10.0. The van der Waals surface area contributed by atoms with Crippen LogP contribution in [0.3, 0.4) is 0 Å². The summed E-state index contributed by atoms with van der Waals surface area (Å²) in [5.41, 5.74) is 2.49. The van der Waals surface area contributed by atoms with Gasteiger partial charge in [-0.05, 0) is 57.9 Å². The molecule has 3 heterocycles. The molecule has 0 aliphatic carbocycles. The zero-order chi connectivity index (χ0) is 22.2. The Labute approximate surface area is 181 Å². The van der Waals surface area contributed by atoms with Crippen LogP contribution in [0.2, 0.25) is 0 Å². The van der Waals surface area contributed by atoms with Gasteiger partial charge in [-0.15, -0.1) is 0 Å². The van der Waals surface area contributed by atoms with E-state index >= 15 is 0 Å². The molecule has 1 aliphatic heterocycles. The molecule has 1 saturated heterocycles. The molecule has 0 unspecified atom stereocenters. The number of hydrogen-bond acceptors (Lipinski definition) is 5. The number of aryl methyl sites for hydroxylation is 2. The maximum absolute atomic E-state index is 13.0. The number of anilines is 1. The highest BCUT2D eigenvalue weighted by atomic mass is 32.2. The average molecular weight is 443 g/mol. The fourth-order valence-electron chi connectivity index (χ4n) is 3.99. The van der Waals surface area contributed by atoms with Crippen molar-refractivity contribution in [3.63, 3.8) is 0 Å². The van der Waals surface area contributed by atoms with Gasteiger partial charge in [0.25, 0.3) is 5.91 Å². The highest BCUT2D eigenvalue weighted by Gasteiger charge is 2.26.